The number of aryl methyl sites for hydroxylation is 1. The number of rotatable bonds is 7. The van der Waals surface area contributed by atoms with Gasteiger partial charge in [0.05, 0.1) is 11.8 Å². The van der Waals surface area contributed by atoms with Crippen LogP contribution in [0.1, 0.15) is 25.2 Å². The lowest BCUT2D eigenvalue weighted by molar-refractivity contribution is -0.132. The first-order valence-corrected chi connectivity index (χ1v) is 12.4. The average Bonchev–Trinajstić information content (AvgIpc) is 3.45. The molecule has 1 amide bonds. The molecule has 1 aliphatic heterocycles. The minimum absolute atomic E-state index is 0.0260. The number of oxazole rings is 1. The van der Waals surface area contributed by atoms with Gasteiger partial charge in [-0.3, -0.25) is 4.79 Å². The maximum Gasteiger partial charge on any atom is 0.250 e. The Kier molecular flexibility index (Phi) is 6.68. The lowest BCUT2D eigenvalue weighted by Gasteiger charge is -2.32. The first kappa shape index (κ1) is 22.6. The van der Waals surface area contributed by atoms with Crippen molar-refractivity contribution in [1.29, 1.82) is 0 Å². The Balaban J connectivity index is 1.28. The fraction of sp³-hybridized carbons (Fsp3) is 0.333. The van der Waals surface area contributed by atoms with Crippen molar-refractivity contribution in [2.24, 2.45) is 0 Å². The molecule has 0 atom stereocenters. The normalized spacial score (nSPS) is 15.2. The maximum atomic E-state index is 13.9. The fourth-order valence-corrected chi connectivity index (χ4v) is 5.90. The van der Waals surface area contributed by atoms with Crippen LogP contribution in [-0.4, -0.2) is 43.3 Å². The van der Waals surface area contributed by atoms with Crippen molar-refractivity contribution < 1.29 is 26.4 Å². The first-order valence-electron chi connectivity index (χ1n) is 10.1. The molecular formula is C21H21F2N3O4S2. The van der Waals surface area contributed by atoms with Gasteiger partial charge < -0.3 is 9.32 Å². The van der Waals surface area contributed by atoms with Crippen LogP contribution in [0.15, 0.2) is 50.5 Å². The highest BCUT2D eigenvalue weighted by atomic mass is 32.2. The van der Waals surface area contributed by atoms with Crippen molar-refractivity contribution in [2.45, 2.75) is 35.9 Å². The van der Waals surface area contributed by atoms with Crippen LogP contribution in [0.2, 0.25) is 0 Å². The zero-order valence-corrected chi connectivity index (χ0v) is 18.6. The van der Waals surface area contributed by atoms with Gasteiger partial charge in [-0.2, -0.15) is 0 Å². The minimum Gasteiger partial charge on any atom is -0.441 e. The Hall–Kier alpha value is -2.63. The molecule has 1 N–H and O–H groups in total. The molecule has 32 heavy (non-hydrogen) atoms. The Labute approximate surface area is 188 Å². The van der Waals surface area contributed by atoms with Crippen LogP contribution >= 0.6 is 11.3 Å². The lowest BCUT2D eigenvalue weighted by atomic mass is 10.1. The molecule has 3 aromatic rings. The van der Waals surface area contributed by atoms with E-state index in [4.69, 9.17) is 4.42 Å². The Morgan fingerprint density at radius 1 is 1.19 bits per heavy atom. The number of piperidine rings is 1. The Morgan fingerprint density at radius 3 is 2.56 bits per heavy atom. The SMILES string of the molecule is O=C(CCc1ncc(-c2c(F)cccc2F)o1)N1CCC(NS(=O)(=O)c2cccs2)CC1. The van der Waals surface area contributed by atoms with Crippen LogP contribution in [-0.2, 0) is 21.2 Å². The quantitative estimate of drug-likeness (QED) is 0.557. The second-order valence-electron chi connectivity index (χ2n) is 7.42. The van der Waals surface area contributed by atoms with E-state index in [1.807, 2.05) is 0 Å². The molecule has 4 rings (SSSR count). The summed E-state index contributed by atoms with van der Waals surface area (Å²) < 4.78 is 60.9. The number of amides is 1. The van der Waals surface area contributed by atoms with Crippen molar-refractivity contribution >= 4 is 27.3 Å². The Morgan fingerprint density at radius 2 is 1.91 bits per heavy atom. The third-order valence-electron chi connectivity index (χ3n) is 5.24. The second-order valence-corrected chi connectivity index (χ2v) is 10.3. The summed E-state index contributed by atoms with van der Waals surface area (Å²) >= 11 is 1.16. The number of nitrogens with one attached hydrogen (secondary N) is 1. The van der Waals surface area contributed by atoms with Gasteiger partial charge in [-0.05, 0) is 36.4 Å². The molecule has 0 bridgehead atoms. The second kappa shape index (κ2) is 9.47. The van der Waals surface area contributed by atoms with Gasteiger partial charge in [0.1, 0.15) is 15.8 Å². The predicted molar refractivity (Wildman–Crippen MR) is 114 cm³/mol. The average molecular weight is 482 g/mol. The number of aromatic nitrogens is 1. The highest BCUT2D eigenvalue weighted by molar-refractivity contribution is 7.91. The van der Waals surface area contributed by atoms with Crippen LogP contribution in [0.4, 0.5) is 8.78 Å². The summed E-state index contributed by atoms with van der Waals surface area (Å²) in [6.07, 6.45) is 2.61. The Bertz CT molecular complexity index is 1170. The van der Waals surface area contributed by atoms with E-state index in [-0.39, 0.29) is 46.2 Å². The van der Waals surface area contributed by atoms with Crippen molar-refractivity contribution in [3.8, 4) is 11.3 Å². The van der Waals surface area contributed by atoms with Crippen LogP contribution in [0.3, 0.4) is 0 Å². The van der Waals surface area contributed by atoms with E-state index in [1.54, 1.807) is 22.4 Å². The summed E-state index contributed by atoms with van der Waals surface area (Å²) in [5, 5.41) is 1.71. The van der Waals surface area contributed by atoms with E-state index >= 15 is 0 Å². The lowest BCUT2D eigenvalue weighted by Crippen LogP contribution is -2.46. The molecule has 11 heteroatoms. The fourth-order valence-electron chi connectivity index (χ4n) is 3.59. The molecule has 0 aliphatic carbocycles. The molecular weight excluding hydrogens is 460 g/mol. The number of sulfonamides is 1. The van der Waals surface area contributed by atoms with E-state index in [9.17, 15) is 22.0 Å². The zero-order valence-electron chi connectivity index (χ0n) is 17.0. The van der Waals surface area contributed by atoms with E-state index < -0.39 is 21.7 Å². The van der Waals surface area contributed by atoms with Crippen molar-refractivity contribution in [1.82, 2.24) is 14.6 Å². The highest BCUT2D eigenvalue weighted by Gasteiger charge is 2.27. The third-order valence-corrected chi connectivity index (χ3v) is 8.16. The smallest absolute Gasteiger partial charge is 0.250 e. The number of halogens is 2. The van der Waals surface area contributed by atoms with E-state index in [0.717, 1.165) is 23.5 Å². The van der Waals surface area contributed by atoms with Crippen LogP contribution in [0.25, 0.3) is 11.3 Å². The standard InChI is InChI=1S/C21H21F2N3O4S2/c22-15-3-1-4-16(23)21(15)17-13-24-18(30-17)6-7-19(27)26-10-8-14(9-11-26)25-32(28,29)20-5-2-12-31-20/h1-5,12-14,25H,6-11H2. The third kappa shape index (κ3) is 5.05. The molecule has 0 saturated carbocycles. The van der Waals surface area contributed by atoms with Gasteiger partial charge in [-0.15, -0.1) is 11.3 Å². The van der Waals surface area contributed by atoms with Gasteiger partial charge >= 0.3 is 0 Å². The molecule has 0 unspecified atom stereocenters. The van der Waals surface area contributed by atoms with Crippen LogP contribution in [0, 0.1) is 11.6 Å². The number of hydrogen-bond acceptors (Lipinski definition) is 6. The minimum atomic E-state index is -3.54. The molecule has 1 aliphatic rings. The molecule has 1 fully saturated rings. The van der Waals surface area contributed by atoms with Crippen LogP contribution in [0.5, 0.6) is 0 Å². The van der Waals surface area contributed by atoms with Crippen LogP contribution < -0.4 is 4.72 Å². The number of nitrogens with zero attached hydrogens (tertiary/aromatic N) is 2. The summed E-state index contributed by atoms with van der Waals surface area (Å²) in [6, 6.07) is 6.55. The molecule has 2 aromatic heterocycles. The number of carbonyl (C=O) groups is 1. The number of benzene rings is 1. The molecule has 0 radical (unpaired) electrons. The highest BCUT2D eigenvalue weighted by Crippen LogP contribution is 2.27. The van der Waals surface area contributed by atoms with Gasteiger partial charge in [0.15, 0.2) is 11.7 Å². The summed E-state index contributed by atoms with van der Waals surface area (Å²) in [5.74, 6) is -1.42. The molecule has 1 aromatic carbocycles. The van der Waals surface area contributed by atoms with Gasteiger partial charge in [-0.1, -0.05) is 12.1 Å². The summed E-state index contributed by atoms with van der Waals surface area (Å²) in [6.45, 7) is 0.876. The molecule has 0 spiro atoms. The number of thiophene rings is 1. The molecule has 3 heterocycles. The van der Waals surface area contributed by atoms with E-state index in [0.29, 0.717) is 25.9 Å². The van der Waals surface area contributed by atoms with Gasteiger partial charge in [-0.25, -0.2) is 26.9 Å². The van der Waals surface area contributed by atoms with E-state index in [2.05, 4.69) is 9.71 Å². The molecule has 1 saturated heterocycles. The number of hydrogen-bond donors (Lipinski definition) is 1. The van der Waals surface area contributed by atoms with Crippen molar-refractivity contribution in [2.75, 3.05) is 13.1 Å². The zero-order chi connectivity index (χ0) is 22.7. The monoisotopic (exact) mass is 481 g/mol. The number of carbonyl (C=O) groups excluding carboxylic acids is 1. The largest absolute Gasteiger partial charge is 0.441 e. The van der Waals surface area contributed by atoms with Gasteiger partial charge in [0.2, 0.25) is 15.9 Å². The number of likely N-dealkylation sites (tertiary alicyclic amines) is 1. The van der Waals surface area contributed by atoms with Gasteiger partial charge in [0, 0.05) is 32.0 Å². The van der Waals surface area contributed by atoms with Gasteiger partial charge in [0.25, 0.3) is 0 Å². The summed E-state index contributed by atoms with van der Waals surface area (Å²) in [7, 11) is -3.54. The van der Waals surface area contributed by atoms with Crippen molar-refractivity contribution in [3.63, 3.8) is 0 Å². The maximum absolute atomic E-state index is 13.9. The molecule has 7 nitrogen and oxygen atoms in total. The van der Waals surface area contributed by atoms with E-state index in [1.165, 1.54) is 12.3 Å². The topological polar surface area (TPSA) is 92.5 Å². The molecule has 170 valence electrons. The predicted octanol–water partition coefficient (Wildman–Crippen LogP) is 3.58. The first-order chi connectivity index (χ1) is 15.3. The summed E-state index contributed by atoms with van der Waals surface area (Å²) in [5.41, 5.74) is -0.287. The summed E-state index contributed by atoms with van der Waals surface area (Å²) in [4.78, 5) is 18.2. The van der Waals surface area contributed by atoms with Crippen molar-refractivity contribution in [3.05, 3.63) is 59.4 Å².